The highest BCUT2D eigenvalue weighted by molar-refractivity contribution is 5.94. The molecule has 2 unspecified atom stereocenters. The van der Waals surface area contributed by atoms with Crippen molar-refractivity contribution >= 4 is 18.3 Å². The molecule has 2 rings (SSSR count). The molecule has 0 aliphatic carbocycles. The Kier molecular flexibility index (Phi) is 7.20. The molecule has 3 nitrogen and oxygen atoms in total. The normalized spacial score (nSPS) is 21.8. The van der Waals surface area contributed by atoms with Gasteiger partial charge in [0.2, 0.25) is 0 Å². The second-order valence-electron chi connectivity index (χ2n) is 5.88. The maximum absolute atomic E-state index is 12.7. The molecule has 4 heteroatoms. The Morgan fingerprint density at radius 3 is 2.57 bits per heavy atom. The molecule has 1 heterocycles. The highest BCUT2D eigenvalue weighted by atomic mass is 35.5. The molecule has 0 bridgehead atoms. The zero-order valence-corrected chi connectivity index (χ0v) is 13.9. The quantitative estimate of drug-likeness (QED) is 0.923. The number of benzene rings is 1. The SMILES string of the molecule is CCCC1C(C)CCCN1C(=O)c1ccc(CN)cc1.Cl. The number of carbonyl (C=O) groups is 1. The van der Waals surface area contributed by atoms with Gasteiger partial charge in [-0.1, -0.05) is 32.4 Å². The Morgan fingerprint density at radius 2 is 2.00 bits per heavy atom. The zero-order valence-electron chi connectivity index (χ0n) is 13.0. The maximum atomic E-state index is 12.7. The number of halogens is 1. The van der Waals surface area contributed by atoms with Gasteiger partial charge in [-0.3, -0.25) is 4.79 Å². The number of hydrogen-bond acceptors (Lipinski definition) is 2. The average Bonchev–Trinajstić information content (AvgIpc) is 2.49. The molecule has 1 fully saturated rings. The Labute approximate surface area is 134 Å². The summed E-state index contributed by atoms with van der Waals surface area (Å²) >= 11 is 0. The Balaban J connectivity index is 0.00000220. The number of carbonyl (C=O) groups excluding carboxylic acids is 1. The predicted molar refractivity (Wildman–Crippen MR) is 89.7 cm³/mol. The topological polar surface area (TPSA) is 46.3 Å². The summed E-state index contributed by atoms with van der Waals surface area (Å²) in [6, 6.07) is 8.13. The number of amides is 1. The molecule has 2 N–H and O–H groups in total. The summed E-state index contributed by atoms with van der Waals surface area (Å²) in [6.45, 7) is 5.89. The lowest BCUT2D eigenvalue weighted by Gasteiger charge is -2.40. The number of hydrogen-bond donors (Lipinski definition) is 1. The van der Waals surface area contributed by atoms with E-state index in [1.807, 2.05) is 24.3 Å². The zero-order chi connectivity index (χ0) is 14.5. The van der Waals surface area contributed by atoms with Gasteiger partial charge in [0.25, 0.3) is 5.91 Å². The summed E-state index contributed by atoms with van der Waals surface area (Å²) in [5, 5.41) is 0. The van der Waals surface area contributed by atoms with Gasteiger partial charge >= 0.3 is 0 Å². The number of nitrogens with two attached hydrogens (primary N) is 1. The maximum Gasteiger partial charge on any atom is 0.254 e. The monoisotopic (exact) mass is 310 g/mol. The lowest BCUT2D eigenvalue weighted by Crippen LogP contribution is -2.47. The smallest absolute Gasteiger partial charge is 0.254 e. The van der Waals surface area contributed by atoms with Gasteiger partial charge in [-0.25, -0.2) is 0 Å². The molecule has 0 saturated carbocycles. The first-order valence-corrected chi connectivity index (χ1v) is 7.77. The van der Waals surface area contributed by atoms with Crippen LogP contribution in [0.25, 0.3) is 0 Å². The van der Waals surface area contributed by atoms with Gasteiger partial charge in [0, 0.05) is 24.7 Å². The number of nitrogens with zero attached hydrogens (tertiary/aromatic N) is 1. The van der Waals surface area contributed by atoms with E-state index in [1.165, 1.54) is 6.42 Å². The van der Waals surface area contributed by atoms with Crippen molar-refractivity contribution in [1.29, 1.82) is 0 Å². The molecular formula is C17H27ClN2O. The van der Waals surface area contributed by atoms with E-state index in [9.17, 15) is 4.79 Å². The third kappa shape index (κ3) is 4.21. The molecule has 2 atom stereocenters. The molecule has 1 saturated heterocycles. The molecule has 21 heavy (non-hydrogen) atoms. The second-order valence-corrected chi connectivity index (χ2v) is 5.88. The molecule has 118 valence electrons. The van der Waals surface area contributed by atoms with Crippen LogP contribution in [-0.4, -0.2) is 23.4 Å². The van der Waals surface area contributed by atoms with Crippen molar-refractivity contribution in [2.75, 3.05) is 6.54 Å². The minimum atomic E-state index is 0. The van der Waals surface area contributed by atoms with Gasteiger partial charge in [-0.15, -0.1) is 12.4 Å². The van der Waals surface area contributed by atoms with E-state index in [0.717, 1.165) is 36.9 Å². The van der Waals surface area contributed by atoms with Gasteiger partial charge in [0.05, 0.1) is 0 Å². The molecule has 1 amide bonds. The van der Waals surface area contributed by atoms with Crippen LogP contribution in [0.3, 0.4) is 0 Å². The fourth-order valence-electron chi connectivity index (χ4n) is 3.19. The van der Waals surface area contributed by atoms with Crippen LogP contribution in [0.1, 0.15) is 55.5 Å². The summed E-state index contributed by atoms with van der Waals surface area (Å²) in [7, 11) is 0. The Bertz CT molecular complexity index is 447. The van der Waals surface area contributed by atoms with Gasteiger partial charge in [-0.2, -0.15) is 0 Å². The standard InChI is InChI=1S/C17H26N2O.ClH/c1-3-5-16-13(2)6-4-11-19(16)17(20)15-9-7-14(12-18)8-10-15;/h7-10,13,16H,3-6,11-12,18H2,1-2H3;1H. The molecule has 0 radical (unpaired) electrons. The van der Waals surface area contributed by atoms with Crippen LogP contribution >= 0.6 is 12.4 Å². The van der Waals surface area contributed by atoms with Crippen molar-refractivity contribution in [3.05, 3.63) is 35.4 Å². The van der Waals surface area contributed by atoms with Crippen LogP contribution < -0.4 is 5.73 Å². The van der Waals surface area contributed by atoms with Gasteiger partial charge < -0.3 is 10.6 Å². The first-order valence-electron chi connectivity index (χ1n) is 7.77. The highest BCUT2D eigenvalue weighted by Crippen LogP contribution is 2.28. The van der Waals surface area contributed by atoms with Crippen LogP contribution in [-0.2, 0) is 6.54 Å². The molecular weight excluding hydrogens is 284 g/mol. The van der Waals surface area contributed by atoms with E-state index in [1.54, 1.807) is 0 Å². The van der Waals surface area contributed by atoms with Crippen molar-refractivity contribution < 1.29 is 4.79 Å². The molecule has 1 aromatic rings. The number of rotatable bonds is 4. The van der Waals surface area contributed by atoms with Crippen LogP contribution in [0.4, 0.5) is 0 Å². The molecule has 1 aliphatic heterocycles. The van der Waals surface area contributed by atoms with Crippen molar-refractivity contribution in [1.82, 2.24) is 4.90 Å². The first kappa shape index (κ1) is 18.0. The highest BCUT2D eigenvalue weighted by Gasteiger charge is 2.31. The van der Waals surface area contributed by atoms with Crippen LogP contribution in [0, 0.1) is 5.92 Å². The van der Waals surface area contributed by atoms with Crippen molar-refractivity contribution in [2.45, 2.75) is 52.1 Å². The van der Waals surface area contributed by atoms with E-state index < -0.39 is 0 Å². The minimum absolute atomic E-state index is 0. The van der Waals surface area contributed by atoms with Crippen LogP contribution in [0.5, 0.6) is 0 Å². The van der Waals surface area contributed by atoms with Crippen molar-refractivity contribution in [3.63, 3.8) is 0 Å². The van der Waals surface area contributed by atoms with E-state index in [2.05, 4.69) is 18.7 Å². The van der Waals surface area contributed by atoms with E-state index in [-0.39, 0.29) is 18.3 Å². The first-order chi connectivity index (χ1) is 9.67. The van der Waals surface area contributed by atoms with E-state index >= 15 is 0 Å². The molecule has 1 aromatic carbocycles. The summed E-state index contributed by atoms with van der Waals surface area (Å²) in [5.74, 6) is 0.787. The lowest BCUT2D eigenvalue weighted by molar-refractivity contribution is 0.0497. The third-order valence-corrected chi connectivity index (χ3v) is 4.40. The average molecular weight is 311 g/mol. The fourth-order valence-corrected chi connectivity index (χ4v) is 3.19. The van der Waals surface area contributed by atoms with Crippen molar-refractivity contribution in [3.8, 4) is 0 Å². The molecule has 0 spiro atoms. The van der Waals surface area contributed by atoms with Gasteiger partial charge in [-0.05, 0) is 42.9 Å². The third-order valence-electron chi connectivity index (χ3n) is 4.40. The van der Waals surface area contributed by atoms with Crippen molar-refractivity contribution in [2.24, 2.45) is 11.7 Å². The van der Waals surface area contributed by atoms with E-state index in [4.69, 9.17) is 5.73 Å². The minimum Gasteiger partial charge on any atom is -0.335 e. The van der Waals surface area contributed by atoms with Gasteiger partial charge in [0.1, 0.15) is 0 Å². The summed E-state index contributed by atoms with van der Waals surface area (Å²) in [4.78, 5) is 14.8. The van der Waals surface area contributed by atoms with Crippen LogP contribution in [0.2, 0.25) is 0 Å². The van der Waals surface area contributed by atoms with E-state index in [0.29, 0.717) is 18.5 Å². The summed E-state index contributed by atoms with van der Waals surface area (Å²) in [6.07, 6.45) is 4.59. The Morgan fingerprint density at radius 1 is 1.33 bits per heavy atom. The summed E-state index contributed by atoms with van der Waals surface area (Å²) in [5.41, 5.74) is 7.46. The van der Waals surface area contributed by atoms with Gasteiger partial charge in [0.15, 0.2) is 0 Å². The second kappa shape index (κ2) is 8.40. The number of likely N-dealkylation sites (tertiary alicyclic amines) is 1. The molecule has 1 aliphatic rings. The summed E-state index contributed by atoms with van der Waals surface area (Å²) < 4.78 is 0. The lowest BCUT2D eigenvalue weighted by atomic mass is 9.87. The largest absolute Gasteiger partial charge is 0.335 e. The Hall–Kier alpha value is -1.06. The predicted octanol–water partition coefficient (Wildman–Crippen LogP) is 3.61. The molecule has 0 aromatic heterocycles. The fraction of sp³-hybridized carbons (Fsp3) is 0.588. The van der Waals surface area contributed by atoms with Crippen LogP contribution in [0.15, 0.2) is 24.3 Å². The number of piperidine rings is 1.